The number of fused-ring (bicyclic) bond motifs is 1. The molecular formula is C29H32ClN5O2. The van der Waals surface area contributed by atoms with Crippen molar-refractivity contribution >= 4 is 28.5 Å². The normalized spacial score (nSPS) is 19.0. The molecular weight excluding hydrogens is 486 g/mol. The van der Waals surface area contributed by atoms with Crippen LogP contribution in [0.2, 0.25) is 0 Å². The summed E-state index contributed by atoms with van der Waals surface area (Å²) in [6.45, 7) is 0.421. The fraction of sp³-hybridized carbons (Fsp3) is 0.345. The fourth-order valence-corrected chi connectivity index (χ4v) is 5.79. The van der Waals surface area contributed by atoms with E-state index in [0.29, 0.717) is 29.6 Å². The average molecular weight is 518 g/mol. The summed E-state index contributed by atoms with van der Waals surface area (Å²) in [5, 5.41) is 3.95. The first-order valence-corrected chi connectivity index (χ1v) is 13.1. The smallest absolute Gasteiger partial charge is 0.252 e. The van der Waals surface area contributed by atoms with Gasteiger partial charge in [0.2, 0.25) is 5.95 Å². The van der Waals surface area contributed by atoms with E-state index in [9.17, 15) is 4.79 Å². The van der Waals surface area contributed by atoms with Gasteiger partial charge in [0.1, 0.15) is 5.75 Å². The number of carbonyl (C=O) groups is 1. The van der Waals surface area contributed by atoms with Gasteiger partial charge in [0.15, 0.2) is 0 Å². The molecule has 7 nitrogen and oxygen atoms in total. The van der Waals surface area contributed by atoms with Crippen LogP contribution >= 0.6 is 11.6 Å². The Bertz CT molecular complexity index is 1320. The molecule has 3 N–H and O–H groups in total. The van der Waals surface area contributed by atoms with Crippen LogP contribution in [0.1, 0.15) is 42.4 Å². The summed E-state index contributed by atoms with van der Waals surface area (Å²) in [7, 11) is 3.66. The predicted octanol–water partition coefficient (Wildman–Crippen LogP) is 4.80. The van der Waals surface area contributed by atoms with E-state index in [0.717, 1.165) is 59.3 Å². The highest BCUT2D eigenvalue weighted by molar-refractivity contribution is 6.51. The molecule has 5 rings (SSSR count). The highest BCUT2D eigenvalue weighted by Gasteiger charge is 2.34. The van der Waals surface area contributed by atoms with Crippen molar-refractivity contribution in [2.75, 3.05) is 19.9 Å². The van der Waals surface area contributed by atoms with Gasteiger partial charge in [-0.05, 0) is 61.6 Å². The molecule has 1 fully saturated rings. The quantitative estimate of drug-likeness (QED) is 0.467. The zero-order valence-corrected chi connectivity index (χ0v) is 22.0. The number of nitrogens with one attached hydrogen (secondary N) is 1. The van der Waals surface area contributed by atoms with E-state index in [1.165, 1.54) is 0 Å². The molecule has 0 atom stereocenters. The zero-order chi connectivity index (χ0) is 25.9. The number of amides is 1. The first-order chi connectivity index (χ1) is 18.0. The third-order valence-electron chi connectivity index (χ3n) is 7.58. The van der Waals surface area contributed by atoms with E-state index >= 15 is 0 Å². The molecule has 1 heterocycles. The Balaban J connectivity index is 1.49. The number of carbonyl (C=O) groups excluding carboxylic acids is 1. The summed E-state index contributed by atoms with van der Waals surface area (Å²) in [6, 6.07) is 14.5. The van der Waals surface area contributed by atoms with Gasteiger partial charge in [-0.15, -0.1) is 0 Å². The summed E-state index contributed by atoms with van der Waals surface area (Å²) in [5.41, 5.74) is 11.1. The highest BCUT2D eigenvalue weighted by atomic mass is 35.5. The molecule has 8 heteroatoms. The first-order valence-electron chi connectivity index (χ1n) is 12.7. The van der Waals surface area contributed by atoms with Crippen molar-refractivity contribution in [2.45, 2.75) is 50.7 Å². The number of methoxy groups -OCH3 is 1. The van der Waals surface area contributed by atoms with Gasteiger partial charge in [-0.1, -0.05) is 41.9 Å². The number of nitrogen functional groups attached to an aromatic ring is 1. The van der Waals surface area contributed by atoms with E-state index in [1.807, 2.05) is 54.4 Å². The number of aromatic nitrogens is 2. The Morgan fingerprint density at radius 3 is 2.51 bits per heavy atom. The van der Waals surface area contributed by atoms with Crippen molar-refractivity contribution in [1.29, 1.82) is 0 Å². The van der Waals surface area contributed by atoms with Gasteiger partial charge in [-0.3, -0.25) is 4.79 Å². The van der Waals surface area contributed by atoms with E-state index in [4.69, 9.17) is 22.1 Å². The number of halogens is 1. The van der Waals surface area contributed by atoms with Crippen LogP contribution in [0.15, 0.2) is 60.4 Å². The lowest BCUT2D eigenvalue weighted by atomic mass is 9.89. The van der Waals surface area contributed by atoms with Crippen molar-refractivity contribution in [3.8, 4) is 16.9 Å². The van der Waals surface area contributed by atoms with Crippen LogP contribution in [-0.2, 0) is 17.8 Å². The molecule has 0 radical (unpaired) electrons. The number of anilines is 1. The molecule has 0 aliphatic heterocycles. The summed E-state index contributed by atoms with van der Waals surface area (Å²) in [5.74, 6) is 0.961. The first kappa shape index (κ1) is 25.2. The van der Waals surface area contributed by atoms with Crippen molar-refractivity contribution in [3.05, 3.63) is 77.1 Å². The van der Waals surface area contributed by atoms with E-state index in [-0.39, 0.29) is 17.9 Å². The summed E-state index contributed by atoms with van der Waals surface area (Å²) >= 11 is 6.79. The Morgan fingerprint density at radius 2 is 1.84 bits per heavy atom. The van der Waals surface area contributed by atoms with Crippen LogP contribution in [0.3, 0.4) is 0 Å². The molecule has 3 aromatic rings. The minimum atomic E-state index is -0.00242. The summed E-state index contributed by atoms with van der Waals surface area (Å²) in [6.07, 6.45) is 7.88. The Labute approximate surface area is 222 Å². The van der Waals surface area contributed by atoms with Gasteiger partial charge in [-0.2, -0.15) is 0 Å². The van der Waals surface area contributed by atoms with E-state index in [2.05, 4.69) is 15.3 Å². The molecule has 0 saturated heterocycles. The van der Waals surface area contributed by atoms with Gasteiger partial charge in [0.25, 0.3) is 5.91 Å². The largest absolute Gasteiger partial charge is 0.496 e. The number of benzene rings is 2. The van der Waals surface area contributed by atoms with Crippen molar-refractivity contribution in [2.24, 2.45) is 0 Å². The maximum Gasteiger partial charge on any atom is 0.252 e. The van der Waals surface area contributed by atoms with Gasteiger partial charge in [-0.25, -0.2) is 9.97 Å². The third kappa shape index (κ3) is 5.20. The number of hydrogen-bond acceptors (Lipinski definition) is 6. The predicted molar refractivity (Wildman–Crippen MR) is 147 cm³/mol. The van der Waals surface area contributed by atoms with Crippen LogP contribution in [0.4, 0.5) is 5.95 Å². The molecule has 0 spiro atoms. The summed E-state index contributed by atoms with van der Waals surface area (Å²) < 4.78 is 5.72. The molecule has 37 heavy (non-hydrogen) atoms. The van der Waals surface area contributed by atoms with Gasteiger partial charge >= 0.3 is 0 Å². The van der Waals surface area contributed by atoms with Crippen molar-refractivity contribution in [1.82, 2.24) is 20.2 Å². The molecule has 2 aliphatic rings. The van der Waals surface area contributed by atoms with E-state index < -0.39 is 0 Å². The highest BCUT2D eigenvalue weighted by Crippen LogP contribution is 2.38. The van der Waals surface area contributed by atoms with Gasteiger partial charge in [0, 0.05) is 54.1 Å². The molecule has 1 amide bonds. The topological polar surface area (TPSA) is 93.4 Å². The lowest BCUT2D eigenvalue weighted by molar-refractivity contribution is -0.130. The van der Waals surface area contributed by atoms with Crippen LogP contribution in [0.5, 0.6) is 5.75 Å². The molecule has 0 bridgehead atoms. The Kier molecular flexibility index (Phi) is 7.44. The number of nitrogens with zero attached hydrogens (tertiary/aromatic N) is 3. The standard InChI is InChI=1S/C29H32ClN5O2/c1-32-22-8-10-23(11-9-22)35(28(36)25-14-19-5-3-4-6-24(19)27(25)30)17-20-13-18(7-12-26(20)37-2)21-15-33-29(31)34-16-21/h3-7,12-13,15-16,22-23,32H,8-11,14,17H2,1-2H3,(H2,31,33,34). The molecule has 2 aliphatic carbocycles. The second-order valence-corrected chi connectivity index (χ2v) is 10.1. The minimum absolute atomic E-state index is 0.00242. The van der Waals surface area contributed by atoms with E-state index in [1.54, 1.807) is 19.5 Å². The maximum atomic E-state index is 14.2. The number of nitrogens with two attached hydrogens (primary N) is 1. The number of hydrogen-bond donors (Lipinski definition) is 2. The zero-order valence-electron chi connectivity index (χ0n) is 21.2. The lowest BCUT2D eigenvalue weighted by Gasteiger charge is -2.37. The molecule has 1 saturated carbocycles. The number of ether oxygens (including phenoxy) is 1. The van der Waals surface area contributed by atoms with Crippen LogP contribution in [-0.4, -0.2) is 47.0 Å². The van der Waals surface area contributed by atoms with Crippen LogP contribution in [0, 0.1) is 0 Å². The second kappa shape index (κ2) is 10.9. The van der Waals surface area contributed by atoms with Crippen LogP contribution in [0.25, 0.3) is 16.2 Å². The lowest BCUT2D eigenvalue weighted by Crippen LogP contribution is -2.45. The third-order valence-corrected chi connectivity index (χ3v) is 8.01. The molecule has 1 aromatic heterocycles. The SMILES string of the molecule is CNC1CCC(N(Cc2cc(-c3cnc(N)nc3)ccc2OC)C(=O)C2=C(Cl)c3ccccc3C2)CC1. The average Bonchev–Trinajstić information content (AvgIpc) is 3.28. The second-order valence-electron chi connectivity index (χ2n) is 9.71. The maximum absolute atomic E-state index is 14.2. The van der Waals surface area contributed by atoms with Crippen molar-refractivity contribution in [3.63, 3.8) is 0 Å². The van der Waals surface area contributed by atoms with Gasteiger partial charge in [0.05, 0.1) is 12.1 Å². The number of rotatable bonds is 7. The minimum Gasteiger partial charge on any atom is -0.496 e. The van der Waals surface area contributed by atoms with Gasteiger partial charge < -0.3 is 20.7 Å². The molecule has 192 valence electrons. The molecule has 0 unspecified atom stereocenters. The fourth-order valence-electron chi connectivity index (χ4n) is 5.46. The molecule has 2 aromatic carbocycles. The Morgan fingerprint density at radius 1 is 1.11 bits per heavy atom. The monoisotopic (exact) mass is 517 g/mol. The summed E-state index contributed by atoms with van der Waals surface area (Å²) in [4.78, 5) is 24.4. The van der Waals surface area contributed by atoms with Crippen LogP contribution < -0.4 is 15.8 Å². The Hall–Kier alpha value is -3.42. The van der Waals surface area contributed by atoms with Crippen molar-refractivity contribution < 1.29 is 9.53 Å².